The van der Waals surface area contributed by atoms with E-state index in [0.717, 1.165) is 5.75 Å². The molecule has 0 saturated carbocycles. The second kappa shape index (κ2) is 6.94. The average molecular weight is 326 g/mol. The minimum atomic E-state index is 0.971. The summed E-state index contributed by atoms with van der Waals surface area (Å²) in [5.41, 5.74) is 4.00. The van der Waals surface area contributed by atoms with Crippen molar-refractivity contribution in [1.29, 1.82) is 0 Å². The van der Waals surface area contributed by atoms with Gasteiger partial charge in [0, 0.05) is 10.6 Å². The maximum absolute atomic E-state index is 2.34. The highest BCUT2D eigenvalue weighted by Gasteiger charge is 2.08. The van der Waals surface area contributed by atoms with Gasteiger partial charge in [-0.2, -0.15) is 0 Å². The van der Waals surface area contributed by atoms with Crippen LogP contribution in [0, 0.1) is 0 Å². The first kappa shape index (κ1) is 15.0. The van der Waals surface area contributed by atoms with Gasteiger partial charge in [-0.25, -0.2) is 0 Å². The Bertz CT molecular complexity index is 943. The van der Waals surface area contributed by atoms with Crippen molar-refractivity contribution in [1.82, 2.24) is 0 Å². The van der Waals surface area contributed by atoms with Gasteiger partial charge in [0.15, 0.2) is 0 Å². The van der Waals surface area contributed by atoms with Crippen LogP contribution in [0.15, 0.2) is 102 Å². The lowest BCUT2D eigenvalue weighted by atomic mass is 9.96. The molecule has 1 heteroatoms. The molecule has 4 rings (SSSR count). The highest BCUT2D eigenvalue weighted by atomic mass is 32.2. The summed E-state index contributed by atoms with van der Waals surface area (Å²) in [4.78, 5) is 1.31. The Kier molecular flexibility index (Phi) is 4.35. The third-order valence-electron chi connectivity index (χ3n) is 4.19. The molecule has 0 spiro atoms. The normalized spacial score (nSPS) is 10.8. The van der Waals surface area contributed by atoms with Crippen molar-refractivity contribution < 1.29 is 0 Å². The van der Waals surface area contributed by atoms with Gasteiger partial charge in [0.05, 0.1) is 0 Å². The average Bonchev–Trinajstić information content (AvgIpc) is 2.67. The maximum atomic E-state index is 2.34. The number of hydrogen-bond acceptors (Lipinski definition) is 1. The predicted molar refractivity (Wildman–Crippen MR) is 105 cm³/mol. The van der Waals surface area contributed by atoms with E-state index in [-0.39, 0.29) is 0 Å². The Balaban J connectivity index is 1.77. The molecule has 24 heavy (non-hydrogen) atoms. The second-order valence-electron chi connectivity index (χ2n) is 5.82. The van der Waals surface area contributed by atoms with E-state index in [9.17, 15) is 0 Å². The lowest BCUT2D eigenvalue weighted by Gasteiger charge is -2.12. The summed E-state index contributed by atoms with van der Waals surface area (Å²) in [6.07, 6.45) is 0. The Hall–Kier alpha value is -2.51. The Labute approximate surface area is 147 Å². The molecule has 0 bridgehead atoms. The SMILES string of the molecule is c1ccc(SCc2cc3ccccc3cc2-c2ccccc2)cc1. The van der Waals surface area contributed by atoms with Gasteiger partial charge in [-0.3, -0.25) is 0 Å². The summed E-state index contributed by atoms with van der Waals surface area (Å²) >= 11 is 1.89. The van der Waals surface area contributed by atoms with E-state index in [1.54, 1.807) is 0 Å². The van der Waals surface area contributed by atoms with Gasteiger partial charge in [0.1, 0.15) is 0 Å². The van der Waals surface area contributed by atoms with Crippen LogP contribution in [0.25, 0.3) is 21.9 Å². The zero-order chi connectivity index (χ0) is 16.2. The number of fused-ring (bicyclic) bond motifs is 1. The molecular formula is C23H18S. The third-order valence-corrected chi connectivity index (χ3v) is 5.25. The van der Waals surface area contributed by atoms with Crippen LogP contribution in [0.3, 0.4) is 0 Å². The van der Waals surface area contributed by atoms with Gasteiger partial charge < -0.3 is 0 Å². The van der Waals surface area contributed by atoms with E-state index >= 15 is 0 Å². The summed E-state index contributed by atoms with van der Waals surface area (Å²) in [6.45, 7) is 0. The van der Waals surface area contributed by atoms with Crippen LogP contribution >= 0.6 is 11.8 Å². The van der Waals surface area contributed by atoms with Crippen LogP contribution in [0.5, 0.6) is 0 Å². The quantitative estimate of drug-likeness (QED) is 0.372. The van der Waals surface area contributed by atoms with E-state index in [4.69, 9.17) is 0 Å². The number of rotatable bonds is 4. The molecule has 0 nitrogen and oxygen atoms in total. The lowest BCUT2D eigenvalue weighted by molar-refractivity contribution is 1.39. The minimum absolute atomic E-state index is 0.971. The van der Waals surface area contributed by atoms with E-state index < -0.39 is 0 Å². The smallest absolute Gasteiger partial charge is 0.0238 e. The molecule has 0 aliphatic rings. The van der Waals surface area contributed by atoms with Crippen molar-refractivity contribution in [3.8, 4) is 11.1 Å². The fourth-order valence-electron chi connectivity index (χ4n) is 2.97. The van der Waals surface area contributed by atoms with Crippen LogP contribution in [-0.2, 0) is 5.75 Å². The van der Waals surface area contributed by atoms with E-state index in [1.807, 2.05) is 11.8 Å². The lowest BCUT2D eigenvalue weighted by Crippen LogP contribution is -1.89. The minimum Gasteiger partial charge on any atom is -0.121 e. The van der Waals surface area contributed by atoms with Crippen molar-refractivity contribution in [2.45, 2.75) is 10.6 Å². The zero-order valence-corrected chi connectivity index (χ0v) is 14.2. The fraction of sp³-hybridized carbons (Fsp3) is 0.0435. The van der Waals surface area contributed by atoms with Crippen molar-refractivity contribution >= 4 is 22.5 Å². The van der Waals surface area contributed by atoms with Gasteiger partial charge in [-0.15, -0.1) is 11.8 Å². The maximum Gasteiger partial charge on any atom is 0.0238 e. The number of thioether (sulfide) groups is 1. The topological polar surface area (TPSA) is 0 Å². The Morgan fingerprint density at radius 1 is 0.583 bits per heavy atom. The van der Waals surface area contributed by atoms with Crippen LogP contribution in [0.4, 0.5) is 0 Å². The molecule has 0 amide bonds. The highest BCUT2D eigenvalue weighted by molar-refractivity contribution is 7.98. The summed E-state index contributed by atoms with van der Waals surface area (Å²) in [5, 5.41) is 2.60. The van der Waals surface area contributed by atoms with E-state index in [1.165, 1.54) is 32.4 Å². The molecule has 4 aromatic rings. The molecule has 0 aliphatic heterocycles. The van der Waals surface area contributed by atoms with Gasteiger partial charge in [-0.1, -0.05) is 72.8 Å². The molecule has 4 aromatic carbocycles. The molecule has 0 saturated heterocycles. The van der Waals surface area contributed by atoms with Crippen LogP contribution < -0.4 is 0 Å². The first-order chi connectivity index (χ1) is 11.9. The standard InChI is InChI=1S/C23H18S/c1-3-9-18(10-4-1)23-16-20-12-8-7-11-19(20)15-21(23)17-24-22-13-5-2-6-14-22/h1-16H,17H2. The van der Waals surface area contributed by atoms with Crippen LogP contribution in [0.2, 0.25) is 0 Å². The molecule has 0 atom stereocenters. The Morgan fingerprint density at radius 3 is 1.88 bits per heavy atom. The van der Waals surface area contributed by atoms with Crippen LogP contribution in [-0.4, -0.2) is 0 Å². The van der Waals surface area contributed by atoms with E-state index in [0.29, 0.717) is 0 Å². The molecule has 0 radical (unpaired) electrons. The number of hydrogen-bond donors (Lipinski definition) is 0. The highest BCUT2D eigenvalue weighted by Crippen LogP contribution is 2.33. The summed E-state index contributed by atoms with van der Waals surface area (Å²) in [5.74, 6) is 0.971. The van der Waals surface area contributed by atoms with Gasteiger partial charge in [0.25, 0.3) is 0 Å². The first-order valence-corrected chi connectivity index (χ1v) is 9.14. The molecular weight excluding hydrogens is 308 g/mol. The summed E-state index contributed by atoms with van der Waals surface area (Å²) in [7, 11) is 0. The number of benzene rings is 4. The van der Waals surface area contributed by atoms with Crippen molar-refractivity contribution in [3.05, 3.63) is 103 Å². The summed E-state index contributed by atoms with van der Waals surface area (Å²) < 4.78 is 0. The second-order valence-corrected chi connectivity index (χ2v) is 6.87. The molecule has 0 heterocycles. The largest absolute Gasteiger partial charge is 0.121 e. The van der Waals surface area contributed by atoms with Gasteiger partial charge in [-0.05, 0) is 51.7 Å². The predicted octanol–water partition coefficient (Wildman–Crippen LogP) is 6.80. The molecule has 0 fully saturated rings. The summed E-state index contributed by atoms with van der Waals surface area (Å²) in [6, 6.07) is 34.6. The third kappa shape index (κ3) is 3.22. The van der Waals surface area contributed by atoms with E-state index in [2.05, 4.69) is 97.1 Å². The molecule has 116 valence electrons. The first-order valence-electron chi connectivity index (χ1n) is 8.15. The zero-order valence-electron chi connectivity index (χ0n) is 13.4. The van der Waals surface area contributed by atoms with Crippen molar-refractivity contribution in [3.63, 3.8) is 0 Å². The molecule has 0 aliphatic carbocycles. The molecule has 0 aromatic heterocycles. The van der Waals surface area contributed by atoms with Gasteiger partial charge >= 0.3 is 0 Å². The van der Waals surface area contributed by atoms with Crippen molar-refractivity contribution in [2.24, 2.45) is 0 Å². The van der Waals surface area contributed by atoms with Crippen LogP contribution in [0.1, 0.15) is 5.56 Å². The monoisotopic (exact) mass is 326 g/mol. The van der Waals surface area contributed by atoms with Crippen molar-refractivity contribution in [2.75, 3.05) is 0 Å². The molecule has 0 unspecified atom stereocenters. The van der Waals surface area contributed by atoms with Gasteiger partial charge in [0.2, 0.25) is 0 Å². The Morgan fingerprint density at radius 2 is 1.17 bits per heavy atom. The fourth-order valence-corrected chi connectivity index (χ4v) is 3.88. The molecule has 0 N–H and O–H groups in total.